The van der Waals surface area contributed by atoms with Crippen molar-refractivity contribution in [1.29, 1.82) is 0 Å². The third kappa shape index (κ3) is 5.72. The maximum absolute atomic E-state index is 12.8. The maximum atomic E-state index is 12.8. The summed E-state index contributed by atoms with van der Waals surface area (Å²) in [5.74, 6) is 0.371. The van der Waals surface area contributed by atoms with Crippen molar-refractivity contribution in [2.45, 2.75) is 55.6 Å². The van der Waals surface area contributed by atoms with E-state index in [0.717, 1.165) is 43.7 Å². The Morgan fingerprint density at radius 3 is 2.14 bits per heavy atom. The Balaban J connectivity index is 1.48. The lowest BCUT2D eigenvalue weighted by Crippen LogP contribution is -2.46. The van der Waals surface area contributed by atoms with Crippen molar-refractivity contribution in [3.63, 3.8) is 0 Å². The maximum Gasteiger partial charge on any atom is 0.269 e. The van der Waals surface area contributed by atoms with E-state index < -0.39 is 4.92 Å². The van der Waals surface area contributed by atoms with E-state index in [9.17, 15) is 19.7 Å². The minimum Gasteiger partial charge on any atom is -0.342 e. The predicted molar refractivity (Wildman–Crippen MR) is 113 cm³/mol. The first-order valence-corrected chi connectivity index (χ1v) is 11.3. The highest BCUT2D eigenvalue weighted by molar-refractivity contribution is 8.00. The predicted octanol–water partition coefficient (Wildman–Crippen LogP) is 3.72. The van der Waals surface area contributed by atoms with Crippen molar-refractivity contribution in [2.24, 2.45) is 5.92 Å². The van der Waals surface area contributed by atoms with Gasteiger partial charge in [-0.3, -0.25) is 19.7 Å². The molecule has 2 heterocycles. The van der Waals surface area contributed by atoms with E-state index in [1.165, 1.54) is 36.7 Å². The lowest BCUT2D eigenvalue weighted by molar-refractivity contribution is -0.384. The molecule has 2 fully saturated rings. The van der Waals surface area contributed by atoms with Crippen LogP contribution >= 0.6 is 11.8 Å². The molecule has 1 unspecified atom stereocenters. The number of nitro groups is 1. The Kier molecular flexibility index (Phi) is 7.52. The SMILES string of the molecule is CC(Sc1ccc([N+](=O)[O-])cc1)C(=O)N1CCC(C(=O)N2CCCCCC2)CC1. The van der Waals surface area contributed by atoms with Crippen molar-refractivity contribution in [3.05, 3.63) is 34.4 Å². The van der Waals surface area contributed by atoms with E-state index >= 15 is 0 Å². The first kappa shape index (κ1) is 21.6. The van der Waals surface area contributed by atoms with Crippen molar-refractivity contribution in [1.82, 2.24) is 9.80 Å². The highest BCUT2D eigenvalue weighted by atomic mass is 32.2. The van der Waals surface area contributed by atoms with Gasteiger partial charge in [0.25, 0.3) is 5.69 Å². The van der Waals surface area contributed by atoms with Gasteiger partial charge in [0.15, 0.2) is 0 Å². The first-order valence-electron chi connectivity index (χ1n) is 10.4. The van der Waals surface area contributed by atoms with Gasteiger partial charge in [-0.1, -0.05) is 12.8 Å². The molecule has 0 aliphatic carbocycles. The Hall–Kier alpha value is -2.09. The molecule has 0 aromatic heterocycles. The molecular formula is C21H29N3O4S. The minimum absolute atomic E-state index is 0.0368. The molecule has 1 atom stereocenters. The second kappa shape index (κ2) is 10.1. The summed E-state index contributed by atoms with van der Waals surface area (Å²) in [6.07, 6.45) is 6.08. The third-order valence-electron chi connectivity index (χ3n) is 5.78. The standard InChI is InChI=1S/C21H29N3O4S/c1-16(29-19-8-6-18(7-9-19)24(27)28)20(25)23-14-10-17(11-15-23)21(26)22-12-4-2-3-5-13-22/h6-9,16-17H,2-5,10-15H2,1H3. The van der Waals surface area contributed by atoms with Crippen molar-refractivity contribution in [3.8, 4) is 0 Å². The molecular weight excluding hydrogens is 390 g/mol. The monoisotopic (exact) mass is 419 g/mol. The van der Waals surface area contributed by atoms with Crippen LogP contribution in [0.15, 0.2) is 29.2 Å². The van der Waals surface area contributed by atoms with E-state index in [0.29, 0.717) is 13.1 Å². The van der Waals surface area contributed by atoms with Crippen LogP contribution in [0.25, 0.3) is 0 Å². The Labute approximate surface area is 176 Å². The zero-order valence-corrected chi connectivity index (χ0v) is 17.7. The number of piperidine rings is 1. The zero-order chi connectivity index (χ0) is 20.8. The van der Waals surface area contributed by atoms with Crippen LogP contribution in [0.3, 0.4) is 0 Å². The van der Waals surface area contributed by atoms with Gasteiger partial charge in [-0.05, 0) is 44.7 Å². The van der Waals surface area contributed by atoms with Crippen molar-refractivity contribution >= 4 is 29.3 Å². The molecule has 0 bridgehead atoms. The van der Waals surface area contributed by atoms with Crippen molar-refractivity contribution in [2.75, 3.05) is 26.2 Å². The second-order valence-electron chi connectivity index (χ2n) is 7.85. The molecule has 0 N–H and O–H groups in total. The third-order valence-corrected chi connectivity index (χ3v) is 6.88. The van der Waals surface area contributed by atoms with Crippen LogP contribution in [0, 0.1) is 16.0 Å². The highest BCUT2D eigenvalue weighted by Gasteiger charge is 2.32. The van der Waals surface area contributed by atoms with E-state index in [2.05, 4.69) is 0 Å². The zero-order valence-electron chi connectivity index (χ0n) is 16.9. The van der Waals surface area contributed by atoms with Crippen LogP contribution in [0.5, 0.6) is 0 Å². The second-order valence-corrected chi connectivity index (χ2v) is 9.26. The Morgan fingerprint density at radius 2 is 1.59 bits per heavy atom. The van der Waals surface area contributed by atoms with Gasteiger partial charge in [-0.25, -0.2) is 0 Å². The number of likely N-dealkylation sites (tertiary alicyclic amines) is 2. The van der Waals surface area contributed by atoms with Crippen LogP contribution in [-0.2, 0) is 9.59 Å². The van der Waals surface area contributed by atoms with E-state index in [4.69, 9.17) is 0 Å². The van der Waals surface area contributed by atoms with Crippen LogP contribution in [0.4, 0.5) is 5.69 Å². The fourth-order valence-corrected chi connectivity index (χ4v) is 5.01. The number of benzene rings is 1. The molecule has 2 aliphatic heterocycles. The highest BCUT2D eigenvalue weighted by Crippen LogP contribution is 2.28. The Bertz CT molecular complexity index is 724. The number of nitro benzene ring substituents is 1. The van der Waals surface area contributed by atoms with Gasteiger partial charge in [0.1, 0.15) is 0 Å². The summed E-state index contributed by atoms with van der Waals surface area (Å²) in [4.78, 5) is 40.7. The molecule has 158 valence electrons. The molecule has 2 aliphatic rings. The summed E-state index contributed by atoms with van der Waals surface area (Å²) >= 11 is 1.41. The summed E-state index contributed by atoms with van der Waals surface area (Å²) in [5.41, 5.74) is 0.0458. The molecule has 0 radical (unpaired) electrons. The molecule has 2 amide bonds. The number of carbonyl (C=O) groups is 2. The number of carbonyl (C=O) groups excluding carboxylic acids is 2. The molecule has 7 nitrogen and oxygen atoms in total. The Morgan fingerprint density at radius 1 is 1.00 bits per heavy atom. The van der Waals surface area contributed by atoms with Gasteiger partial charge in [0.05, 0.1) is 10.2 Å². The fourth-order valence-electron chi connectivity index (χ4n) is 4.05. The summed E-state index contributed by atoms with van der Waals surface area (Å²) in [6.45, 7) is 4.85. The van der Waals surface area contributed by atoms with Crippen molar-refractivity contribution < 1.29 is 14.5 Å². The molecule has 2 saturated heterocycles. The van der Waals surface area contributed by atoms with Gasteiger partial charge < -0.3 is 9.80 Å². The summed E-state index contributed by atoms with van der Waals surface area (Å²) in [5, 5.41) is 10.5. The number of non-ortho nitro benzene ring substituents is 1. The molecule has 8 heteroatoms. The largest absolute Gasteiger partial charge is 0.342 e. The molecule has 1 aromatic carbocycles. The van der Waals surface area contributed by atoms with Crippen LogP contribution < -0.4 is 0 Å². The van der Waals surface area contributed by atoms with Gasteiger partial charge >= 0.3 is 0 Å². The number of nitrogens with zero attached hydrogens (tertiary/aromatic N) is 3. The first-order chi connectivity index (χ1) is 14.0. The van der Waals surface area contributed by atoms with Gasteiger partial charge in [-0.2, -0.15) is 0 Å². The number of rotatable bonds is 5. The molecule has 0 saturated carbocycles. The summed E-state index contributed by atoms with van der Waals surface area (Å²) in [6, 6.07) is 6.27. The number of hydrogen-bond acceptors (Lipinski definition) is 5. The fraction of sp³-hybridized carbons (Fsp3) is 0.619. The number of thioether (sulfide) groups is 1. The number of hydrogen-bond donors (Lipinski definition) is 0. The summed E-state index contributed by atoms with van der Waals surface area (Å²) < 4.78 is 0. The molecule has 29 heavy (non-hydrogen) atoms. The van der Waals surface area contributed by atoms with Gasteiger partial charge in [-0.15, -0.1) is 11.8 Å². The average molecular weight is 420 g/mol. The van der Waals surface area contributed by atoms with Crippen LogP contribution in [0.2, 0.25) is 0 Å². The van der Waals surface area contributed by atoms with E-state index in [-0.39, 0.29) is 28.7 Å². The van der Waals surface area contributed by atoms with Crippen LogP contribution in [0.1, 0.15) is 45.4 Å². The quantitative estimate of drug-likeness (QED) is 0.413. The lowest BCUT2D eigenvalue weighted by atomic mass is 9.95. The average Bonchev–Trinajstić information content (AvgIpc) is 3.02. The minimum atomic E-state index is -0.430. The van der Waals surface area contributed by atoms with Gasteiger partial charge in [0.2, 0.25) is 11.8 Å². The van der Waals surface area contributed by atoms with Gasteiger partial charge in [0, 0.05) is 49.1 Å². The topological polar surface area (TPSA) is 83.8 Å². The molecule has 0 spiro atoms. The lowest BCUT2D eigenvalue weighted by Gasteiger charge is -2.35. The molecule has 1 aromatic rings. The smallest absolute Gasteiger partial charge is 0.269 e. The normalized spacial score (nSPS) is 19.5. The van der Waals surface area contributed by atoms with Crippen LogP contribution in [-0.4, -0.2) is 58.0 Å². The molecule has 3 rings (SSSR count). The van der Waals surface area contributed by atoms with E-state index in [1.54, 1.807) is 12.1 Å². The van der Waals surface area contributed by atoms with E-state index in [1.807, 2.05) is 16.7 Å². The summed E-state index contributed by atoms with van der Waals surface area (Å²) in [7, 11) is 0. The number of amides is 2.